The van der Waals surface area contributed by atoms with Crippen LogP contribution in [-0.4, -0.2) is 22.8 Å². The number of rotatable bonds is 3. The van der Waals surface area contributed by atoms with E-state index in [1.165, 1.54) is 0 Å². The summed E-state index contributed by atoms with van der Waals surface area (Å²) in [6.07, 6.45) is 1.75. The number of aromatic carboxylic acids is 1. The molecule has 1 aromatic carbocycles. The fourth-order valence-electron chi connectivity index (χ4n) is 1.86. The molecule has 0 atom stereocenters. The molecule has 1 aromatic heterocycles. The highest BCUT2D eigenvalue weighted by Crippen LogP contribution is 2.12. The van der Waals surface area contributed by atoms with Crippen LogP contribution in [0.15, 0.2) is 36.5 Å². The van der Waals surface area contributed by atoms with Gasteiger partial charge in [-0.1, -0.05) is 17.9 Å². The minimum atomic E-state index is -0.943. The fraction of sp³-hybridized carbons (Fsp3) is 0.188. The van der Waals surface area contributed by atoms with Gasteiger partial charge in [-0.15, -0.1) is 12.4 Å². The van der Waals surface area contributed by atoms with E-state index in [-0.39, 0.29) is 18.1 Å². The molecule has 1 N–H and O–H groups in total. The summed E-state index contributed by atoms with van der Waals surface area (Å²) >= 11 is 0. The quantitative estimate of drug-likeness (QED) is 0.887. The molecule has 2 rings (SSSR count). The molecule has 0 saturated heterocycles. The van der Waals surface area contributed by atoms with Crippen LogP contribution in [0.4, 0.5) is 0 Å². The van der Waals surface area contributed by atoms with Crippen LogP contribution in [0.5, 0.6) is 5.75 Å². The molecule has 0 aliphatic rings. The van der Waals surface area contributed by atoms with E-state index in [1.54, 1.807) is 23.9 Å². The number of methoxy groups -OCH3 is 1. The number of hydrogen-bond donors (Lipinski definition) is 1. The van der Waals surface area contributed by atoms with Crippen molar-refractivity contribution in [1.82, 2.24) is 4.57 Å². The summed E-state index contributed by atoms with van der Waals surface area (Å²) in [5.74, 6) is 5.78. The molecular formula is C16H16ClNO3. The van der Waals surface area contributed by atoms with Crippen molar-refractivity contribution in [1.29, 1.82) is 0 Å². The number of carbonyl (C=O) groups is 1. The van der Waals surface area contributed by atoms with E-state index in [9.17, 15) is 4.79 Å². The number of aryl methyl sites for hydroxylation is 1. The molecule has 5 heteroatoms. The van der Waals surface area contributed by atoms with Gasteiger partial charge in [0.25, 0.3) is 0 Å². The molecule has 0 aliphatic heterocycles. The van der Waals surface area contributed by atoms with E-state index in [0.717, 1.165) is 11.3 Å². The zero-order valence-corrected chi connectivity index (χ0v) is 12.6. The van der Waals surface area contributed by atoms with Gasteiger partial charge in [0.15, 0.2) is 0 Å². The maximum Gasteiger partial charge on any atom is 0.352 e. The van der Waals surface area contributed by atoms with Crippen LogP contribution < -0.4 is 4.74 Å². The van der Waals surface area contributed by atoms with Gasteiger partial charge in [0.05, 0.1) is 7.11 Å². The third kappa shape index (κ3) is 4.04. The Hall–Kier alpha value is -2.38. The number of aromatic nitrogens is 1. The van der Waals surface area contributed by atoms with Crippen LogP contribution in [-0.2, 0) is 6.54 Å². The van der Waals surface area contributed by atoms with Crippen molar-refractivity contribution in [2.75, 3.05) is 7.11 Å². The molecule has 0 saturated carbocycles. The number of benzene rings is 1. The highest BCUT2D eigenvalue weighted by molar-refractivity contribution is 5.86. The normalized spacial score (nSPS) is 9.24. The Balaban J connectivity index is 0.00000220. The number of hydrogen-bond acceptors (Lipinski definition) is 2. The molecular weight excluding hydrogens is 290 g/mol. The van der Waals surface area contributed by atoms with E-state index >= 15 is 0 Å². The first-order valence-corrected chi connectivity index (χ1v) is 6.23. The lowest BCUT2D eigenvalue weighted by Gasteiger charge is -1.99. The van der Waals surface area contributed by atoms with Crippen molar-refractivity contribution >= 4 is 18.4 Å². The first-order valence-electron chi connectivity index (χ1n) is 6.23. The van der Waals surface area contributed by atoms with Crippen LogP contribution in [0.25, 0.3) is 0 Å². The fourth-order valence-corrected chi connectivity index (χ4v) is 1.86. The molecule has 110 valence electrons. The van der Waals surface area contributed by atoms with Crippen molar-refractivity contribution in [3.8, 4) is 17.6 Å². The van der Waals surface area contributed by atoms with Crippen LogP contribution in [0, 0.1) is 11.8 Å². The average Bonchev–Trinajstić information content (AvgIpc) is 2.89. The molecule has 2 aromatic rings. The summed E-state index contributed by atoms with van der Waals surface area (Å²) in [5, 5.41) is 9.08. The number of carboxylic acid groups (broad SMARTS) is 1. The van der Waals surface area contributed by atoms with Crippen molar-refractivity contribution < 1.29 is 14.6 Å². The topological polar surface area (TPSA) is 51.5 Å². The van der Waals surface area contributed by atoms with E-state index in [1.807, 2.05) is 31.2 Å². The molecule has 0 bridgehead atoms. The first-order chi connectivity index (χ1) is 9.63. The summed E-state index contributed by atoms with van der Waals surface area (Å²) < 4.78 is 6.79. The Kier molecular flexibility index (Phi) is 5.89. The summed E-state index contributed by atoms with van der Waals surface area (Å²) in [4.78, 5) is 11.1. The Morgan fingerprint density at radius 1 is 1.29 bits per heavy atom. The number of nitrogens with zero attached hydrogens (tertiary/aromatic N) is 1. The summed E-state index contributed by atoms with van der Waals surface area (Å²) in [6, 6.07) is 9.01. The highest BCUT2D eigenvalue weighted by atomic mass is 35.5. The second-order valence-electron chi connectivity index (χ2n) is 4.19. The van der Waals surface area contributed by atoms with Gasteiger partial charge in [-0.2, -0.15) is 0 Å². The lowest BCUT2D eigenvalue weighted by Crippen LogP contribution is -2.05. The highest BCUT2D eigenvalue weighted by Gasteiger charge is 2.09. The van der Waals surface area contributed by atoms with Crippen LogP contribution in [0.3, 0.4) is 0 Å². The van der Waals surface area contributed by atoms with Gasteiger partial charge in [-0.05, 0) is 31.2 Å². The Morgan fingerprint density at radius 3 is 2.57 bits per heavy atom. The Morgan fingerprint density at radius 2 is 2.00 bits per heavy atom. The number of halogens is 1. The van der Waals surface area contributed by atoms with Crippen molar-refractivity contribution in [3.05, 3.63) is 53.3 Å². The maximum absolute atomic E-state index is 11.1. The minimum Gasteiger partial charge on any atom is -0.497 e. The van der Waals surface area contributed by atoms with Gasteiger partial charge in [0.1, 0.15) is 11.4 Å². The molecule has 4 nitrogen and oxygen atoms in total. The van der Waals surface area contributed by atoms with Crippen molar-refractivity contribution in [3.63, 3.8) is 0 Å². The third-order valence-corrected chi connectivity index (χ3v) is 2.88. The van der Waals surface area contributed by atoms with Gasteiger partial charge >= 0.3 is 5.97 Å². The van der Waals surface area contributed by atoms with Gasteiger partial charge in [0, 0.05) is 23.9 Å². The number of ether oxygens (including phenoxy) is 1. The Labute approximate surface area is 129 Å². The van der Waals surface area contributed by atoms with E-state index in [2.05, 4.69) is 11.8 Å². The van der Waals surface area contributed by atoms with Crippen LogP contribution >= 0.6 is 12.4 Å². The minimum absolute atomic E-state index is 0. The molecule has 1 heterocycles. The van der Waals surface area contributed by atoms with Gasteiger partial charge in [-0.3, -0.25) is 0 Å². The predicted octanol–water partition coefficient (Wildman–Crippen LogP) is 3.04. The number of carboxylic acids is 1. The van der Waals surface area contributed by atoms with Crippen LogP contribution in [0.1, 0.15) is 28.5 Å². The third-order valence-electron chi connectivity index (χ3n) is 2.88. The monoisotopic (exact) mass is 305 g/mol. The second-order valence-corrected chi connectivity index (χ2v) is 4.19. The summed E-state index contributed by atoms with van der Waals surface area (Å²) in [7, 11) is 1.60. The smallest absolute Gasteiger partial charge is 0.352 e. The lowest BCUT2D eigenvalue weighted by molar-refractivity contribution is 0.0685. The van der Waals surface area contributed by atoms with Crippen molar-refractivity contribution in [2.24, 2.45) is 0 Å². The van der Waals surface area contributed by atoms with Gasteiger partial charge in [-0.25, -0.2) is 4.79 Å². The largest absolute Gasteiger partial charge is 0.497 e. The molecule has 0 spiro atoms. The predicted molar refractivity (Wildman–Crippen MR) is 83.3 cm³/mol. The molecule has 0 radical (unpaired) electrons. The van der Waals surface area contributed by atoms with Crippen LogP contribution in [0.2, 0.25) is 0 Å². The van der Waals surface area contributed by atoms with Crippen molar-refractivity contribution in [2.45, 2.75) is 13.5 Å². The zero-order chi connectivity index (χ0) is 14.5. The van der Waals surface area contributed by atoms with E-state index in [0.29, 0.717) is 12.1 Å². The SMILES string of the molecule is CCn1cc(C#Cc2cccc(OC)c2)cc1C(=O)O.Cl. The second kappa shape index (κ2) is 7.41. The molecule has 0 amide bonds. The lowest BCUT2D eigenvalue weighted by atomic mass is 10.2. The maximum atomic E-state index is 11.1. The first kappa shape index (κ1) is 16.7. The van der Waals surface area contributed by atoms with E-state index < -0.39 is 5.97 Å². The molecule has 0 fully saturated rings. The molecule has 0 unspecified atom stereocenters. The van der Waals surface area contributed by atoms with Gasteiger partial charge < -0.3 is 14.4 Å². The summed E-state index contributed by atoms with van der Waals surface area (Å²) in [5.41, 5.74) is 1.76. The zero-order valence-electron chi connectivity index (χ0n) is 11.8. The summed E-state index contributed by atoms with van der Waals surface area (Å²) in [6.45, 7) is 2.49. The average molecular weight is 306 g/mol. The Bertz CT molecular complexity index is 695. The standard InChI is InChI=1S/C16H15NO3.ClH/c1-3-17-11-13(10-15(17)16(18)19)8-7-12-5-4-6-14(9-12)20-2;/h4-6,9-11H,3H2,1-2H3,(H,18,19);1H. The van der Waals surface area contributed by atoms with Gasteiger partial charge in [0.2, 0.25) is 0 Å². The molecule has 0 aliphatic carbocycles. The van der Waals surface area contributed by atoms with E-state index in [4.69, 9.17) is 9.84 Å². The molecule has 21 heavy (non-hydrogen) atoms.